The van der Waals surface area contributed by atoms with Crippen LogP contribution < -0.4 is 0 Å². The first kappa shape index (κ1) is 31.7. The Morgan fingerprint density at radius 1 is 0.439 bits per heavy atom. The van der Waals surface area contributed by atoms with Gasteiger partial charge in [-0.25, -0.2) is 15.0 Å². The van der Waals surface area contributed by atoms with Crippen molar-refractivity contribution < 1.29 is 4.42 Å². The van der Waals surface area contributed by atoms with Gasteiger partial charge in [-0.3, -0.25) is 0 Å². The number of rotatable bonds is 5. The van der Waals surface area contributed by atoms with E-state index < -0.39 is 0 Å². The second-order valence-electron chi connectivity index (χ2n) is 14.7. The minimum absolute atomic E-state index is 0.101. The van der Waals surface area contributed by atoms with Crippen LogP contribution in [-0.4, -0.2) is 19.5 Å². The van der Waals surface area contributed by atoms with Gasteiger partial charge < -0.3 is 8.98 Å². The molecule has 0 saturated heterocycles. The summed E-state index contributed by atoms with van der Waals surface area (Å²) in [5, 5.41) is 4.45. The first-order valence-corrected chi connectivity index (χ1v) is 19.3. The molecule has 0 radical (unpaired) electrons. The summed E-state index contributed by atoms with van der Waals surface area (Å²) in [5.41, 5.74) is 14.3. The first-order valence-electron chi connectivity index (χ1n) is 19.3. The van der Waals surface area contributed by atoms with Crippen molar-refractivity contribution >= 4 is 43.7 Å². The van der Waals surface area contributed by atoms with Crippen molar-refractivity contribution in [2.75, 3.05) is 0 Å². The molecule has 0 saturated carbocycles. The largest absolute Gasteiger partial charge is 0.456 e. The average Bonchev–Trinajstić information content (AvgIpc) is 3.94. The minimum Gasteiger partial charge on any atom is -0.456 e. The molecule has 0 fully saturated rings. The van der Waals surface area contributed by atoms with E-state index in [1.54, 1.807) is 0 Å². The van der Waals surface area contributed by atoms with Crippen LogP contribution in [0.5, 0.6) is 0 Å². The lowest BCUT2D eigenvalue weighted by molar-refractivity contribution is 0.668. The van der Waals surface area contributed by atoms with Crippen LogP contribution in [0.4, 0.5) is 0 Å². The van der Waals surface area contributed by atoms with Crippen LogP contribution >= 0.6 is 0 Å². The van der Waals surface area contributed by atoms with Crippen molar-refractivity contribution in [3.63, 3.8) is 0 Å². The molecule has 57 heavy (non-hydrogen) atoms. The monoisotopic (exact) mass is 728 g/mol. The van der Waals surface area contributed by atoms with Crippen LogP contribution in [0.15, 0.2) is 192 Å². The number of aromatic nitrogens is 4. The van der Waals surface area contributed by atoms with E-state index in [1.165, 1.54) is 44.1 Å². The molecular formula is C52H32N4O. The van der Waals surface area contributed by atoms with E-state index in [0.29, 0.717) is 17.5 Å². The highest BCUT2D eigenvalue weighted by molar-refractivity contribution is 6.15. The molecule has 3 aromatic heterocycles. The first-order chi connectivity index (χ1) is 28.3. The molecule has 0 amide bonds. The summed E-state index contributed by atoms with van der Waals surface area (Å²) < 4.78 is 9.20. The van der Waals surface area contributed by atoms with Crippen LogP contribution in [-0.2, 0) is 0 Å². The molecule has 8 aromatic carbocycles. The second kappa shape index (κ2) is 12.4. The van der Waals surface area contributed by atoms with Crippen molar-refractivity contribution in [1.29, 1.82) is 0 Å². The number of nitrogens with zero attached hydrogens (tertiary/aromatic N) is 4. The van der Waals surface area contributed by atoms with Gasteiger partial charge in [0.1, 0.15) is 11.2 Å². The molecule has 1 unspecified atom stereocenters. The van der Waals surface area contributed by atoms with Gasteiger partial charge in [0.15, 0.2) is 17.5 Å². The Balaban J connectivity index is 1.09. The lowest BCUT2D eigenvalue weighted by Crippen LogP contribution is -2.03. The van der Waals surface area contributed by atoms with Gasteiger partial charge in [-0.15, -0.1) is 0 Å². The third-order valence-corrected chi connectivity index (χ3v) is 11.5. The molecule has 0 aliphatic heterocycles. The Labute approximate surface area is 328 Å². The van der Waals surface area contributed by atoms with Gasteiger partial charge in [0.2, 0.25) is 0 Å². The number of furan rings is 1. The van der Waals surface area contributed by atoms with Gasteiger partial charge in [-0.1, -0.05) is 158 Å². The third-order valence-electron chi connectivity index (χ3n) is 11.5. The summed E-state index contributed by atoms with van der Waals surface area (Å²) in [6.07, 6.45) is 0. The summed E-state index contributed by atoms with van der Waals surface area (Å²) in [4.78, 5) is 15.1. The molecule has 0 bridgehead atoms. The van der Waals surface area contributed by atoms with Gasteiger partial charge in [-0.05, 0) is 52.1 Å². The molecule has 1 aliphatic carbocycles. The van der Waals surface area contributed by atoms with Crippen molar-refractivity contribution in [3.05, 3.63) is 205 Å². The summed E-state index contributed by atoms with van der Waals surface area (Å²) in [5.74, 6) is 1.95. The molecule has 0 N–H and O–H groups in total. The van der Waals surface area contributed by atoms with E-state index in [9.17, 15) is 0 Å². The standard InChI is InChI=1S/C52H32N4O/c1-4-15-32(16-5-1)46-38-23-11-10-21-36(38)39-29-30-40-37-22-12-13-25-43(37)56(49(40)48(39)46)35-27-28-41-45(31-35)57-44-26-14-24-42(47(41)44)52-54-50(33-17-6-2-7-18-33)53-51(55-52)34-19-8-3-9-20-34/h1-31,46H. The summed E-state index contributed by atoms with van der Waals surface area (Å²) in [7, 11) is 0. The zero-order chi connectivity index (χ0) is 37.5. The third kappa shape index (κ3) is 4.85. The highest BCUT2D eigenvalue weighted by Gasteiger charge is 2.33. The Morgan fingerprint density at radius 2 is 1.07 bits per heavy atom. The molecule has 3 heterocycles. The van der Waals surface area contributed by atoms with Gasteiger partial charge >= 0.3 is 0 Å². The molecule has 266 valence electrons. The van der Waals surface area contributed by atoms with Gasteiger partial charge in [0.05, 0.1) is 11.0 Å². The van der Waals surface area contributed by atoms with Crippen LogP contribution in [0.1, 0.15) is 22.6 Å². The Hall–Kier alpha value is -7.63. The molecule has 12 rings (SSSR count). The van der Waals surface area contributed by atoms with Gasteiger partial charge in [-0.2, -0.15) is 0 Å². The molecule has 5 nitrogen and oxygen atoms in total. The minimum atomic E-state index is 0.101. The summed E-state index contributed by atoms with van der Waals surface area (Å²) in [6, 6.07) is 66.2. The van der Waals surface area contributed by atoms with Crippen molar-refractivity contribution in [3.8, 4) is 51.0 Å². The Morgan fingerprint density at radius 3 is 1.84 bits per heavy atom. The van der Waals surface area contributed by atoms with Crippen molar-refractivity contribution in [1.82, 2.24) is 19.5 Å². The fraction of sp³-hybridized carbons (Fsp3) is 0.0192. The highest BCUT2D eigenvalue weighted by Crippen LogP contribution is 2.52. The SMILES string of the molecule is c1ccc(-c2nc(-c3ccccc3)nc(-c3cccc4oc5cc(-n6c7ccccc7c7ccc8c(c76)C(c6ccccc6)c6ccccc6-8)ccc5c34)n2)cc1. The van der Waals surface area contributed by atoms with Gasteiger partial charge in [0.25, 0.3) is 0 Å². The predicted octanol–water partition coefficient (Wildman–Crippen LogP) is 13.0. The molecule has 1 atom stereocenters. The van der Waals surface area contributed by atoms with E-state index in [0.717, 1.165) is 49.8 Å². The lowest BCUT2D eigenvalue weighted by Gasteiger charge is -2.18. The number of benzene rings is 8. The number of hydrogen-bond donors (Lipinski definition) is 0. The van der Waals surface area contributed by atoms with Crippen LogP contribution in [0.3, 0.4) is 0 Å². The molecular weight excluding hydrogens is 697 g/mol. The van der Waals surface area contributed by atoms with Crippen LogP contribution in [0.25, 0.3) is 94.7 Å². The average molecular weight is 729 g/mol. The Bertz CT molecular complexity index is 3290. The van der Waals surface area contributed by atoms with Crippen molar-refractivity contribution in [2.24, 2.45) is 0 Å². The smallest absolute Gasteiger partial charge is 0.164 e. The summed E-state index contributed by atoms with van der Waals surface area (Å²) >= 11 is 0. The maximum atomic E-state index is 6.76. The van der Waals surface area contributed by atoms with Crippen LogP contribution in [0, 0.1) is 0 Å². The number of para-hydroxylation sites is 1. The molecule has 11 aromatic rings. The quantitative estimate of drug-likeness (QED) is 0.177. The summed E-state index contributed by atoms with van der Waals surface area (Å²) in [6.45, 7) is 0. The van der Waals surface area contributed by atoms with E-state index in [1.807, 2.05) is 72.8 Å². The van der Waals surface area contributed by atoms with E-state index in [4.69, 9.17) is 19.4 Å². The maximum Gasteiger partial charge on any atom is 0.164 e. The molecule has 0 spiro atoms. The zero-order valence-electron chi connectivity index (χ0n) is 30.7. The van der Waals surface area contributed by atoms with Crippen molar-refractivity contribution in [2.45, 2.75) is 5.92 Å². The van der Waals surface area contributed by atoms with E-state index >= 15 is 0 Å². The van der Waals surface area contributed by atoms with Gasteiger partial charge in [0, 0.05) is 55.9 Å². The van der Waals surface area contributed by atoms with Crippen LogP contribution in [0.2, 0.25) is 0 Å². The second-order valence-corrected chi connectivity index (χ2v) is 14.7. The lowest BCUT2D eigenvalue weighted by atomic mass is 9.88. The predicted molar refractivity (Wildman–Crippen MR) is 231 cm³/mol. The molecule has 5 heteroatoms. The fourth-order valence-electron chi connectivity index (χ4n) is 9.09. The maximum absolute atomic E-state index is 6.76. The fourth-order valence-corrected chi connectivity index (χ4v) is 9.09. The highest BCUT2D eigenvalue weighted by atomic mass is 16.3. The van der Waals surface area contributed by atoms with E-state index in [2.05, 4.69) is 120 Å². The van der Waals surface area contributed by atoms with E-state index in [-0.39, 0.29) is 5.92 Å². The Kier molecular flexibility index (Phi) is 6.92. The topological polar surface area (TPSA) is 56.7 Å². The molecule has 1 aliphatic rings. The number of hydrogen-bond acceptors (Lipinski definition) is 4. The zero-order valence-corrected chi connectivity index (χ0v) is 30.7. The number of fused-ring (bicyclic) bond motifs is 10. The normalized spacial score (nSPS) is 13.4.